The summed E-state index contributed by atoms with van der Waals surface area (Å²) in [7, 11) is -0.0684. The Morgan fingerprint density at radius 2 is 1.70 bits per heavy atom. The van der Waals surface area contributed by atoms with Gasteiger partial charge in [-0.05, 0) is 73.1 Å². The molecule has 0 atom stereocenters. The molecule has 1 aromatic carbocycles. The van der Waals surface area contributed by atoms with Gasteiger partial charge >= 0.3 is 6.09 Å². The Bertz CT molecular complexity index is 772. The fourth-order valence-corrected chi connectivity index (χ4v) is 9.80. The number of hydrogen-bond donors (Lipinski definition) is 0. The number of aryl methyl sites for hydroxylation is 1. The first-order valence-electron chi connectivity index (χ1n) is 10.6. The fourth-order valence-electron chi connectivity index (χ4n) is 4.37. The zero-order valence-electron chi connectivity index (χ0n) is 20.0. The van der Waals surface area contributed by atoms with E-state index in [0.717, 1.165) is 5.56 Å². The highest BCUT2D eigenvalue weighted by Gasteiger charge is 2.49. The summed E-state index contributed by atoms with van der Waals surface area (Å²) >= 11 is 0. The molecule has 0 aliphatic carbocycles. The quantitative estimate of drug-likeness (QED) is 0.251. The van der Waals surface area contributed by atoms with Crippen molar-refractivity contribution in [2.24, 2.45) is 0 Å². The molecule has 0 unspecified atom stereocenters. The van der Waals surface area contributed by atoms with E-state index < -0.39 is 13.4 Å². The Kier molecular flexibility index (Phi) is 9.85. The third-order valence-electron chi connectivity index (χ3n) is 5.82. The fraction of sp³-hybridized carbons (Fsp3) is 0.583. The maximum atomic E-state index is 12.9. The van der Waals surface area contributed by atoms with E-state index in [2.05, 4.69) is 47.6 Å². The Morgan fingerprint density at radius 3 is 2.10 bits per heavy atom. The van der Waals surface area contributed by atoms with Crippen molar-refractivity contribution in [3.8, 4) is 6.07 Å². The van der Waals surface area contributed by atoms with E-state index in [1.165, 1.54) is 12.0 Å². The summed E-state index contributed by atoms with van der Waals surface area (Å²) < 4.78 is 11.0. The number of hydrogen-bond acceptors (Lipinski definition) is 4. The van der Waals surface area contributed by atoms with Gasteiger partial charge in [0.15, 0.2) is 0 Å². The van der Waals surface area contributed by atoms with Gasteiger partial charge in [-0.1, -0.05) is 12.1 Å². The van der Waals surface area contributed by atoms with Gasteiger partial charge in [0, 0.05) is 7.26 Å². The molecule has 0 aliphatic rings. The number of ether oxygens (including phenoxy) is 2. The van der Waals surface area contributed by atoms with Crippen LogP contribution in [0.15, 0.2) is 35.7 Å². The first kappa shape index (κ1) is 26.0. The zero-order valence-corrected chi connectivity index (χ0v) is 20.9. The van der Waals surface area contributed by atoms with Gasteiger partial charge in [-0.3, -0.25) is 0 Å². The van der Waals surface area contributed by atoms with Crippen molar-refractivity contribution in [1.82, 2.24) is 0 Å². The molecule has 0 spiro atoms. The van der Waals surface area contributed by atoms with Crippen molar-refractivity contribution in [3.63, 3.8) is 0 Å². The van der Waals surface area contributed by atoms with Gasteiger partial charge < -0.3 is 9.47 Å². The molecule has 0 saturated carbocycles. The standard InChI is InChI=1S/C24H38N2O3P/c1-10-29-24(27)26(22-13-11-12-20(8)14-22)23(28-9)21(15-25)16-30(17(2)3,18(4)5)19(6)7/h11-14,17-19H,10,16H2,1-9H3/q+1/b23-21-. The highest BCUT2D eigenvalue weighted by atomic mass is 31.2. The lowest BCUT2D eigenvalue weighted by Crippen LogP contribution is -2.34. The molecular weight excluding hydrogens is 395 g/mol. The van der Waals surface area contributed by atoms with Gasteiger partial charge in [-0.25, -0.2) is 9.69 Å². The molecule has 0 N–H and O–H groups in total. The summed E-state index contributed by atoms with van der Waals surface area (Å²) in [6, 6.07) is 9.92. The zero-order chi connectivity index (χ0) is 23.1. The number of nitrogens with zero attached hydrogens (tertiary/aromatic N) is 2. The SMILES string of the molecule is CCOC(=O)N(/C(OC)=C(\C#N)C[P+](C(C)C)(C(C)C)C(C)C)c1cccc(C)c1. The largest absolute Gasteiger partial charge is 0.481 e. The van der Waals surface area contributed by atoms with E-state index in [-0.39, 0.29) is 12.5 Å². The number of amides is 1. The maximum Gasteiger partial charge on any atom is 0.421 e. The number of methoxy groups -OCH3 is 1. The number of benzene rings is 1. The minimum absolute atomic E-state index is 0.237. The Balaban J connectivity index is 3.71. The predicted octanol–water partition coefficient (Wildman–Crippen LogP) is 6.58. The van der Waals surface area contributed by atoms with Gasteiger partial charge in [0.05, 0.1) is 36.4 Å². The summed E-state index contributed by atoms with van der Waals surface area (Å²) in [6.45, 7) is 17.5. The molecule has 0 aliphatic heterocycles. The van der Waals surface area contributed by atoms with E-state index >= 15 is 0 Å². The lowest BCUT2D eigenvalue weighted by molar-refractivity contribution is 0.154. The number of anilines is 1. The molecule has 0 saturated heterocycles. The summed E-state index contributed by atoms with van der Waals surface area (Å²) in [5.74, 6) is 0.257. The molecule has 0 bridgehead atoms. The van der Waals surface area contributed by atoms with Gasteiger partial charge in [0.25, 0.3) is 0 Å². The molecule has 0 heterocycles. The molecule has 5 nitrogen and oxygen atoms in total. The molecule has 6 heteroatoms. The third kappa shape index (κ3) is 5.55. The number of carbonyl (C=O) groups excluding carboxylic acids is 1. The first-order valence-corrected chi connectivity index (χ1v) is 12.8. The van der Waals surface area contributed by atoms with Crippen molar-refractivity contribution in [2.45, 2.75) is 72.4 Å². The van der Waals surface area contributed by atoms with Crippen LogP contribution in [0.5, 0.6) is 0 Å². The topological polar surface area (TPSA) is 62.6 Å². The van der Waals surface area contributed by atoms with E-state index in [1.54, 1.807) is 6.92 Å². The van der Waals surface area contributed by atoms with Crippen LogP contribution in [0.1, 0.15) is 54.0 Å². The van der Waals surface area contributed by atoms with Gasteiger partial charge in [0.2, 0.25) is 5.88 Å². The average molecular weight is 434 g/mol. The van der Waals surface area contributed by atoms with Crippen LogP contribution in [-0.2, 0) is 9.47 Å². The second-order valence-electron chi connectivity index (χ2n) is 8.41. The van der Waals surface area contributed by atoms with Gasteiger partial charge in [-0.15, -0.1) is 0 Å². The molecular formula is C24H38N2O3P+. The van der Waals surface area contributed by atoms with Crippen LogP contribution in [0.2, 0.25) is 0 Å². The molecule has 0 fully saturated rings. The molecule has 1 rings (SSSR count). The van der Waals surface area contributed by atoms with Crippen LogP contribution in [0.4, 0.5) is 10.5 Å². The lowest BCUT2D eigenvalue weighted by atomic mass is 10.2. The highest BCUT2D eigenvalue weighted by Crippen LogP contribution is 2.71. The predicted molar refractivity (Wildman–Crippen MR) is 128 cm³/mol. The van der Waals surface area contributed by atoms with Crippen molar-refractivity contribution in [3.05, 3.63) is 41.3 Å². The number of allylic oxidation sites excluding steroid dienone is 1. The van der Waals surface area contributed by atoms with Crippen molar-refractivity contribution < 1.29 is 14.3 Å². The Labute approximate surface area is 183 Å². The monoisotopic (exact) mass is 433 g/mol. The normalized spacial score (nSPS) is 12.6. The second kappa shape index (κ2) is 11.4. The van der Waals surface area contributed by atoms with Crippen LogP contribution < -0.4 is 4.90 Å². The average Bonchev–Trinajstić information content (AvgIpc) is 2.66. The number of carbonyl (C=O) groups is 1. The van der Waals surface area contributed by atoms with E-state index in [0.29, 0.717) is 34.4 Å². The summed E-state index contributed by atoms with van der Waals surface area (Å²) in [6.07, 6.45) is 0.0803. The lowest BCUT2D eigenvalue weighted by Gasteiger charge is -2.38. The second-order valence-corrected chi connectivity index (χ2v) is 13.8. The van der Waals surface area contributed by atoms with Crippen LogP contribution in [-0.4, -0.2) is 42.9 Å². The summed E-state index contributed by atoms with van der Waals surface area (Å²) in [5, 5.41) is 10.1. The van der Waals surface area contributed by atoms with Crippen LogP contribution >= 0.6 is 7.26 Å². The molecule has 30 heavy (non-hydrogen) atoms. The Morgan fingerprint density at radius 1 is 1.13 bits per heavy atom. The smallest absolute Gasteiger partial charge is 0.421 e. The van der Waals surface area contributed by atoms with Crippen molar-refractivity contribution in [1.29, 1.82) is 5.26 Å². The van der Waals surface area contributed by atoms with Crippen LogP contribution in [0, 0.1) is 18.3 Å². The van der Waals surface area contributed by atoms with Crippen LogP contribution in [0.25, 0.3) is 0 Å². The minimum Gasteiger partial charge on any atom is -0.481 e. The first-order chi connectivity index (χ1) is 14.1. The highest BCUT2D eigenvalue weighted by molar-refractivity contribution is 7.77. The molecule has 166 valence electrons. The van der Waals surface area contributed by atoms with E-state index in [4.69, 9.17) is 9.47 Å². The molecule has 1 amide bonds. The molecule has 0 aromatic heterocycles. The van der Waals surface area contributed by atoms with Crippen molar-refractivity contribution in [2.75, 3.05) is 24.8 Å². The molecule has 1 aromatic rings. The van der Waals surface area contributed by atoms with E-state index in [1.807, 2.05) is 31.2 Å². The maximum absolute atomic E-state index is 12.9. The number of nitriles is 1. The number of rotatable bonds is 9. The molecule has 0 radical (unpaired) electrons. The van der Waals surface area contributed by atoms with Gasteiger partial charge in [-0.2, -0.15) is 5.26 Å². The van der Waals surface area contributed by atoms with Crippen LogP contribution in [0.3, 0.4) is 0 Å². The third-order valence-corrected chi connectivity index (χ3v) is 12.4. The Hall–Kier alpha value is -2.05. The van der Waals surface area contributed by atoms with Crippen molar-refractivity contribution >= 4 is 19.0 Å². The van der Waals surface area contributed by atoms with Gasteiger partial charge in [0.1, 0.15) is 17.8 Å². The summed E-state index contributed by atoms with van der Waals surface area (Å²) in [5.41, 5.74) is 3.48. The minimum atomic E-state index is -1.58. The van der Waals surface area contributed by atoms with E-state index in [9.17, 15) is 10.1 Å². The summed E-state index contributed by atoms with van der Waals surface area (Å²) in [4.78, 5) is 14.3.